The monoisotopic (exact) mass is 472 g/mol. The predicted molar refractivity (Wildman–Crippen MR) is 90.9 cm³/mol. The van der Waals surface area contributed by atoms with E-state index in [0.29, 0.717) is 3.71 Å². The van der Waals surface area contributed by atoms with Crippen LogP contribution in [0.15, 0.2) is 91.0 Å². The van der Waals surface area contributed by atoms with E-state index in [1.807, 2.05) is 18.2 Å². The van der Waals surface area contributed by atoms with Gasteiger partial charge in [-0.25, -0.2) is 0 Å². The average molecular weight is 472 g/mol. The van der Waals surface area contributed by atoms with Gasteiger partial charge in [-0.1, -0.05) is 0 Å². The summed E-state index contributed by atoms with van der Waals surface area (Å²) in [5.74, 6) is 0. The van der Waals surface area contributed by atoms with Crippen molar-refractivity contribution < 1.29 is 24.5 Å². The van der Waals surface area contributed by atoms with E-state index in [1.165, 1.54) is 15.6 Å². The summed E-state index contributed by atoms with van der Waals surface area (Å²) in [5, 5.41) is 14.5. The maximum atomic E-state index is 10.8. The third-order valence-corrected chi connectivity index (χ3v) is 11.5. The molecule has 0 spiro atoms. The van der Waals surface area contributed by atoms with Crippen molar-refractivity contribution in [3.63, 3.8) is 0 Å². The molecule has 1 nitrogen and oxygen atoms in total. The van der Waals surface area contributed by atoms with Crippen LogP contribution in [0.1, 0.15) is 0 Å². The molecule has 22 heavy (non-hydrogen) atoms. The Hall–Kier alpha value is -1.60. The van der Waals surface area contributed by atoms with Gasteiger partial charge in [0.05, 0.1) is 0 Å². The number of aliphatic hydroxyl groups is 1. The predicted octanol–water partition coefficient (Wildman–Crippen LogP) is 1.75. The summed E-state index contributed by atoms with van der Waals surface area (Å²) in [6.07, 6.45) is 0. The van der Waals surface area contributed by atoms with Crippen LogP contribution in [0.3, 0.4) is 0 Å². The van der Waals surface area contributed by atoms with Crippen molar-refractivity contribution in [3.05, 3.63) is 91.0 Å². The third-order valence-electron chi connectivity index (χ3n) is 3.94. The van der Waals surface area contributed by atoms with E-state index in [-0.39, 0.29) is 0 Å². The molecule has 0 aliphatic rings. The van der Waals surface area contributed by atoms with Gasteiger partial charge in [-0.2, -0.15) is 0 Å². The molecular weight excluding hydrogens is 456 g/mol. The number of hydrogen-bond donors (Lipinski definition) is 1. The Labute approximate surface area is 142 Å². The van der Waals surface area contributed by atoms with Gasteiger partial charge in [-0.15, -0.1) is 0 Å². The molecule has 0 aromatic heterocycles. The molecule has 0 fully saturated rings. The molecule has 1 N–H and O–H groups in total. The minimum absolute atomic E-state index is 0.594. The molecule has 0 saturated heterocycles. The zero-order valence-electron chi connectivity index (χ0n) is 12.0. The maximum absolute atomic E-state index is 10.8. The molecule has 0 atom stereocenters. The Kier molecular flexibility index (Phi) is 4.63. The zero-order valence-corrected chi connectivity index (χ0v) is 15.9. The molecule has 3 heteroatoms. The van der Waals surface area contributed by atoms with E-state index >= 15 is 0 Å². The summed E-state index contributed by atoms with van der Waals surface area (Å²) in [5.41, 5.74) is 0. The molecule has 3 aromatic rings. The van der Waals surface area contributed by atoms with Gasteiger partial charge in [-0.05, 0) is 0 Å². The molecule has 3 rings (SSSR count). The number of aliphatic hydroxyl groups excluding tert-OH is 1. The number of rotatable bonds is 4. The second-order valence-corrected chi connectivity index (χ2v) is 11.7. The van der Waals surface area contributed by atoms with Crippen molar-refractivity contribution in [1.82, 2.24) is 0 Å². The van der Waals surface area contributed by atoms with Crippen molar-refractivity contribution >= 4 is 27.3 Å². The van der Waals surface area contributed by atoms with Crippen LogP contribution in [0, 0.1) is 0 Å². The summed E-state index contributed by atoms with van der Waals surface area (Å²) in [7, 11) is -2.49. The fraction of sp³-hybridized carbons (Fsp3) is 0. The van der Waals surface area contributed by atoms with E-state index in [2.05, 4.69) is 72.8 Å². The van der Waals surface area contributed by atoms with Gasteiger partial charge >= 0.3 is 143 Å². The van der Waals surface area contributed by atoms with Gasteiger partial charge in [0.15, 0.2) is 0 Å². The van der Waals surface area contributed by atoms with Crippen LogP contribution in [0.25, 0.3) is 0 Å². The van der Waals surface area contributed by atoms with Crippen LogP contribution >= 0.6 is 0 Å². The fourth-order valence-corrected chi connectivity index (χ4v) is 10.6. The van der Waals surface area contributed by atoms with Crippen LogP contribution in [-0.4, -0.2) is 16.9 Å². The normalized spacial score (nSPS) is 11.1. The van der Waals surface area contributed by atoms with Crippen LogP contribution in [-0.2, 0) is 19.4 Å². The van der Waals surface area contributed by atoms with Crippen molar-refractivity contribution in [3.8, 4) is 0 Å². The molecule has 0 amide bonds. The van der Waals surface area contributed by atoms with Gasteiger partial charge in [0.2, 0.25) is 0 Å². The Morgan fingerprint density at radius 3 is 1.09 bits per heavy atom. The third kappa shape index (κ3) is 2.59. The van der Waals surface area contributed by atoms with E-state index < -0.39 is 8.07 Å². The second kappa shape index (κ2) is 6.66. The van der Waals surface area contributed by atoms with Gasteiger partial charge in [0, 0.05) is 0 Å². The molecular formula is C19H16OSiW. The fourth-order valence-electron chi connectivity index (χ4n) is 2.93. The standard InChI is InChI=1S/C19H16OSi.W/c20-16-21(17-10-4-1-5-11-17,18-12-6-2-7-13-18)19-14-8-3-9-15-19;/h1-15,20H;. The Balaban J connectivity index is 2.37. The second-order valence-electron chi connectivity index (χ2n) is 5.15. The van der Waals surface area contributed by atoms with Crippen LogP contribution in [0.4, 0.5) is 0 Å². The molecule has 0 unspecified atom stereocenters. The van der Waals surface area contributed by atoms with Crippen molar-refractivity contribution in [2.75, 3.05) is 0 Å². The summed E-state index contributed by atoms with van der Waals surface area (Å²) in [6.45, 7) is 0. The van der Waals surface area contributed by atoms with Crippen LogP contribution < -0.4 is 15.6 Å². The minimum atomic E-state index is -2.49. The first-order valence-corrected chi connectivity index (χ1v) is 10.6. The molecule has 0 bridgehead atoms. The number of benzene rings is 3. The summed E-state index contributed by atoms with van der Waals surface area (Å²) in [6, 6.07) is 31.3. The van der Waals surface area contributed by atoms with Gasteiger partial charge in [0.25, 0.3) is 0 Å². The quantitative estimate of drug-likeness (QED) is 0.454. The van der Waals surface area contributed by atoms with Crippen molar-refractivity contribution in [1.29, 1.82) is 0 Å². The molecule has 3 aromatic carbocycles. The first-order valence-electron chi connectivity index (χ1n) is 7.16. The van der Waals surface area contributed by atoms with E-state index in [1.54, 1.807) is 0 Å². The van der Waals surface area contributed by atoms with E-state index in [4.69, 9.17) is 0 Å². The van der Waals surface area contributed by atoms with Crippen LogP contribution in [0.2, 0.25) is 0 Å². The van der Waals surface area contributed by atoms with Crippen LogP contribution in [0.5, 0.6) is 0 Å². The van der Waals surface area contributed by atoms with E-state index in [0.717, 1.165) is 19.4 Å². The van der Waals surface area contributed by atoms with Crippen molar-refractivity contribution in [2.45, 2.75) is 0 Å². The Bertz CT molecular complexity index is 661. The van der Waals surface area contributed by atoms with E-state index in [9.17, 15) is 5.11 Å². The van der Waals surface area contributed by atoms with Crippen molar-refractivity contribution in [2.24, 2.45) is 0 Å². The zero-order chi connectivity index (χ0) is 15.4. The first-order chi connectivity index (χ1) is 10.8. The SMILES string of the molecule is O[C](=[W])[Si](c1ccccc1)(c1ccccc1)c1ccccc1. The molecule has 0 radical (unpaired) electrons. The molecule has 0 saturated carbocycles. The molecule has 108 valence electrons. The first kappa shape index (κ1) is 15.3. The molecule has 0 aliphatic carbocycles. The molecule has 0 heterocycles. The number of hydrogen-bond acceptors (Lipinski definition) is 1. The topological polar surface area (TPSA) is 20.2 Å². The van der Waals surface area contributed by atoms with Gasteiger partial charge in [0.1, 0.15) is 0 Å². The Morgan fingerprint density at radius 2 is 0.864 bits per heavy atom. The summed E-state index contributed by atoms with van der Waals surface area (Å²) >= 11 is 1.14. The average Bonchev–Trinajstić information content (AvgIpc) is 2.58. The van der Waals surface area contributed by atoms with Gasteiger partial charge < -0.3 is 0 Å². The summed E-state index contributed by atoms with van der Waals surface area (Å²) < 4.78 is 0.594. The van der Waals surface area contributed by atoms with Gasteiger partial charge in [-0.3, -0.25) is 0 Å². The Morgan fingerprint density at radius 1 is 0.591 bits per heavy atom. The molecule has 0 aliphatic heterocycles. The summed E-state index contributed by atoms with van der Waals surface area (Å²) in [4.78, 5) is 0.